The van der Waals surface area contributed by atoms with E-state index >= 15 is 0 Å². The van der Waals surface area contributed by atoms with Gasteiger partial charge in [0.05, 0.1) is 0 Å². The molecule has 1 saturated heterocycles. The molecule has 0 aromatic carbocycles. The second-order valence-electron chi connectivity index (χ2n) is 7.14. The van der Waals surface area contributed by atoms with Gasteiger partial charge in [-0.3, -0.25) is 0 Å². The minimum atomic E-state index is 0.497. The molecule has 1 heterocycles. The average molecular weight is 238 g/mol. The average Bonchev–Trinajstić information content (AvgIpc) is 2.78. The van der Waals surface area contributed by atoms with Gasteiger partial charge in [-0.1, -0.05) is 20.8 Å². The van der Waals surface area contributed by atoms with Gasteiger partial charge in [0.25, 0.3) is 0 Å². The molecule has 0 spiro atoms. The molecule has 17 heavy (non-hydrogen) atoms. The Kier molecular flexibility index (Phi) is 4.14. The maximum atomic E-state index is 3.43. The van der Waals surface area contributed by atoms with Crippen LogP contribution in [0, 0.1) is 11.3 Å². The van der Waals surface area contributed by atoms with Crippen molar-refractivity contribution >= 4 is 0 Å². The summed E-state index contributed by atoms with van der Waals surface area (Å²) in [7, 11) is 2.11. The van der Waals surface area contributed by atoms with E-state index < -0.39 is 0 Å². The van der Waals surface area contributed by atoms with Crippen LogP contribution in [0.4, 0.5) is 0 Å². The predicted octanol–water partition coefficient (Wildman–Crippen LogP) is 2.89. The number of rotatable bonds is 2. The van der Waals surface area contributed by atoms with Crippen molar-refractivity contribution < 1.29 is 0 Å². The number of hydrogen-bond donors (Lipinski definition) is 1. The Morgan fingerprint density at radius 3 is 2.12 bits per heavy atom. The molecule has 2 rings (SSSR count). The lowest BCUT2D eigenvalue weighted by atomic mass is 9.80. The highest BCUT2D eigenvalue weighted by atomic mass is 15.2. The quantitative estimate of drug-likeness (QED) is 0.796. The van der Waals surface area contributed by atoms with Crippen LogP contribution in [0.1, 0.15) is 52.9 Å². The summed E-state index contributed by atoms with van der Waals surface area (Å²) in [6, 6.07) is 1.67. The normalized spacial score (nSPS) is 36.4. The summed E-state index contributed by atoms with van der Waals surface area (Å²) in [5.74, 6) is 0.907. The van der Waals surface area contributed by atoms with E-state index in [2.05, 4.69) is 38.0 Å². The fourth-order valence-electron chi connectivity index (χ4n) is 3.56. The molecule has 0 aromatic rings. The van der Waals surface area contributed by atoms with Gasteiger partial charge in [-0.25, -0.2) is 0 Å². The molecule has 1 aliphatic heterocycles. The van der Waals surface area contributed by atoms with E-state index in [0.717, 1.165) is 18.0 Å². The first kappa shape index (κ1) is 13.4. The maximum Gasteiger partial charge on any atom is 0.00965 e. The van der Waals surface area contributed by atoms with Crippen LogP contribution < -0.4 is 5.32 Å². The summed E-state index contributed by atoms with van der Waals surface area (Å²) in [5.41, 5.74) is 0.497. The van der Waals surface area contributed by atoms with Gasteiger partial charge in [0.1, 0.15) is 0 Å². The summed E-state index contributed by atoms with van der Waals surface area (Å²) in [6.45, 7) is 9.90. The van der Waals surface area contributed by atoms with Crippen LogP contribution in [-0.4, -0.2) is 37.1 Å². The lowest BCUT2D eigenvalue weighted by Crippen LogP contribution is -2.41. The van der Waals surface area contributed by atoms with Crippen LogP contribution in [0.15, 0.2) is 0 Å². The highest BCUT2D eigenvalue weighted by Crippen LogP contribution is 2.36. The number of hydrogen-bond acceptors (Lipinski definition) is 2. The molecule has 100 valence electrons. The topological polar surface area (TPSA) is 15.3 Å². The van der Waals surface area contributed by atoms with Crippen molar-refractivity contribution in [3.63, 3.8) is 0 Å². The number of likely N-dealkylation sites (tertiary alicyclic amines) is 1. The van der Waals surface area contributed by atoms with E-state index in [1.807, 2.05) is 0 Å². The molecule has 0 radical (unpaired) electrons. The standard InChI is InChI=1S/C15H30N2/c1-15(2,3)12-9-10-17(11-12)14-7-5-13(16-4)6-8-14/h12-14,16H,5-11H2,1-4H3. The van der Waals surface area contributed by atoms with Gasteiger partial charge in [-0.2, -0.15) is 0 Å². The highest BCUT2D eigenvalue weighted by Gasteiger charge is 2.35. The number of nitrogens with zero attached hydrogens (tertiary/aromatic N) is 1. The van der Waals surface area contributed by atoms with Gasteiger partial charge in [0, 0.05) is 18.6 Å². The summed E-state index contributed by atoms with van der Waals surface area (Å²) < 4.78 is 0. The van der Waals surface area contributed by atoms with E-state index in [1.54, 1.807) is 0 Å². The van der Waals surface area contributed by atoms with Crippen molar-refractivity contribution in [1.29, 1.82) is 0 Å². The van der Waals surface area contributed by atoms with E-state index in [0.29, 0.717) is 5.41 Å². The van der Waals surface area contributed by atoms with Gasteiger partial charge in [0.2, 0.25) is 0 Å². The zero-order chi connectivity index (χ0) is 12.5. The third kappa shape index (κ3) is 3.23. The molecular weight excluding hydrogens is 208 g/mol. The Hall–Kier alpha value is -0.0800. The fraction of sp³-hybridized carbons (Fsp3) is 1.00. The van der Waals surface area contributed by atoms with Crippen molar-refractivity contribution in [3.05, 3.63) is 0 Å². The van der Waals surface area contributed by atoms with Gasteiger partial charge in [-0.15, -0.1) is 0 Å². The second-order valence-corrected chi connectivity index (χ2v) is 7.14. The molecule has 1 N–H and O–H groups in total. The first-order valence-corrected chi connectivity index (χ1v) is 7.42. The molecule has 1 atom stereocenters. The fourth-order valence-corrected chi connectivity index (χ4v) is 3.56. The van der Waals surface area contributed by atoms with Crippen LogP contribution >= 0.6 is 0 Å². The Bertz CT molecular complexity index is 236. The molecule has 0 bridgehead atoms. The van der Waals surface area contributed by atoms with Crippen LogP contribution in [0.2, 0.25) is 0 Å². The predicted molar refractivity (Wildman–Crippen MR) is 74.2 cm³/mol. The minimum absolute atomic E-state index is 0.497. The third-order valence-electron chi connectivity index (χ3n) is 5.07. The van der Waals surface area contributed by atoms with E-state index in [-0.39, 0.29) is 0 Å². The Morgan fingerprint density at radius 1 is 1.00 bits per heavy atom. The van der Waals surface area contributed by atoms with Gasteiger partial charge in [-0.05, 0) is 57.0 Å². The largest absolute Gasteiger partial charge is 0.317 e. The second kappa shape index (κ2) is 5.27. The molecule has 0 amide bonds. The first-order valence-electron chi connectivity index (χ1n) is 7.42. The highest BCUT2D eigenvalue weighted by molar-refractivity contribution is 4.89. The van der Waals surface area contributed by atoms with Gasteiger partial charge >= 0.3 is 0 Å². The van der Waals surface area contributed by atoms with Crippen LogP contribution in [0.3, 0.4) is 0 Å². The monoisotopic (exact) mass is 238 g/mol. The molecule has 2 fully saturated rings. The van der Waals surface area contributed by atoms with Crippen molar-refractivity contribution in [2.45, 2.75) is 65.0 Å². The molecule has 0 aromatic heterocycles. The smallest absolute Gasteiger partial charge is 0.00965 e. The number of nitrogens with one attached hydrogen (secondary N) is 1. The van der Waals surface area contributed by atoms with Crippen LogP contribution in [0.5, 0.6) is 0 Å². The Labute approximate surface area is 107 Å². The van der Waals surface area contributed by atoms with Gasteiger partial charge < -0.3 is 10.2 Å². The van der Waals surface area contributed by atoms with Crippen molar-refractivity contribution in [1.82, 2.24) is 10.2 Å². The molecule has 2 heteroatoms. The summed E-state index contributed by atoms with van der Waals surface area (Å²) in [6.07, 6.45) is 6.97. The summed E-state index contributed by atoms with van der Waals surface area (Å²) in [5, 5.41) is 3.43. The zero-order valence-electron chi connectivity index (χ0n) is 12.1. The minimum Gasteiger partial charge on any atom is -0.317 e. The lowest BCUT2D eigenvalue weighted by Gasteiger charge is -2.35. The first-order chi connectivity index (χ1) is 8.00. The molecule has 1 saturated carbocycles. The maximum absolute atomic E-state index is 3.43. The molecule has 1 unspecified atom stereocenters. The molecular formula is C15H30N2. The Balaban J connectivity index is 1.81. The lowest BCUT2D eigenvalue weighted by molar-refractivity contribution is 0.153. The van der Waals surface area contributed by atoms with Gasteiger partial charge in [0.15, 0.2) is 0 Å². The summed E-state index contributed by atoms with van der Waals surface area (Å²) >= 11 is 0. The van der Waals surface area contributed by atoms with Crippen LogP contribution in [-0.2, 0) is 0 Å². The summed E-state index contributed by atoms with van der Waals surface area (Å²) in [4.78, 5) is 2.78. The van der Waals surface area contributed by atoms with Crippen molar-refractivity contribution in [2.24, 2.45) is 11.3 Å². The molecule has 2 nitrogen and oxygen atoms in total. The Morgan fingerprint density at radius 2 is 1.65 bits per heavy atom. The molecule has 2 aliphatic rings. The van der Waals surface area contributed by atoms with E-state index in [9.17, 15) is 0 Å². The van der Waals surface area contributed by atoms with E-state index in [4.69, 9.17) is 0 Å². The van der Waals surface area contributed by atoms with Crippen molar-refractivity contribution in [3.8, 4) is 0 Å². The van der Waals surface area contributed by atoms with Crippen molar-refractivity contribution in [2.75, 3.05) is 20.1 Å². The third-order valence-corrected chi connectivity index (χ3v) is 5.07. The SMILES string of the molecule is CNC1CCC(N2CCC(C(C)(C)C)C2)CC1. The molecule has 1 aliphatic carbocycles. The zero-order valence-corrected chi connectivity index (χ0v) is 12.1. The van der Waals surface area contributed by atoms with Crippen LogP contribution in [0.25, 0.3) is 0 Å². The van der Waals surface area contributed by atoms with E-state index in [1.165, 1.54) is 45.2 Å².